The average molecular weight is 289 g/mol. The van der Waals surface area contributed by atoms with Crippen LogP contribution < -0.4 is 17.7 Å². The van der Waals surface area contributed by atoms with E-state index in [9.17, 15) is 0 Å². The van der Waals surface area contributed by atoms with E-state index in [1.807, 2.05) is 12.2 Å². The lowest BCUT2D eigenvalue weighted by Crippen LogP contribution is -3.00. The summed E-state index contributed by atoms with van der Waals surface area (Å²) in [6.45, 7) is 7.70. The third kappa shape index (κ3) is 4.99. The van der Waals surface area contributed by atoms with Gasteiger partial charge in [-0.15, -0.1) is 13.2 Å². The number of benzene rings is 1. The van der Waals surface area contributed by atoms with Crippen LogP contribution in [0.3, 0.4) is 0 Å². The predicted molar refractivity (Wildman–Crippen MR) is 83.2 cm³/mol. The molecule has 1 aromatic carbocycles. The van der Waals surface area contributed by atoms with Crippen molar-refractivity contribution < 1.29 is 12.4 Å². The van der Waals surface area contributed by atoms with Crippen LogP contribution in [-0.4, -0.2) is 12.1 Å². The minimum atomic E-state index is 0. The molecule has 0 saturated heterocycles. The van der Waals surface area contributed by atoms with E-state index in [1.165, 1.54) is 11.1 Å². The molecule has 108 valence electrons. The summed E-state index contributed by atoms with van der Waals surface area (Å²) in [5.74, 6) is 0. The zero-order chi connectivity index (χ0) is 13.5. The van der Waals surface area contributed by atoms with E-state index in [4.69, 9.17) is 0 Å². The van der Waals surface area contributed by atoms with Gasteiger partial charge in [0.05, 0.1) is 0 Å². The quantitative estimate of drug-likeness (QED) is 0.772. The second kappa shape index (κ2) is 8.78. The fraction of sp³-hybridized carbons (Fsp3) is 0.333. The molecule has 0 amide bonds. The van der Waals surface area contributed by atoms with Gasteiger partial charge in [0.25, 0.3) is 0 Å². The van der Waals surface area contributed by atoms with E-state index in [-0.39, 0.29) is 12.4 Å². The number of nitrogens with one attached hydrogen (secondary N) is 1. The van der Waals surface area contributed by atoms with E-state index in [1.54, 1.807) is 0 Å². The molecule has 1 nitrogen and oxygen atoms in total. The molecule has 0 fully saturated rings. The van der Waals surface area contributed by atoms with Gasteiger partial charge in [-0.2, -0.15) is 0 Å². The van der Waals surface area contributed by atoms with Crippen molar-refractivity contribution in [3.63, 3.8) is 0 Å². The monoisotopic (exact) mass is 288 g/mol. The molecule has 0 spiro atoms. The maximum absolute atomic E-state index is 3.86. The fourth-order valence-corrected chi connectivity index (χ4v) is 2.74. The Balaban J connectivity index is 0.00000200. The van der Waals surface area contributed by atoms with Crippen molar-refractivity contribution in [2.24, 2.45) is 0 Å². The lowest BCUT2D eigenvalue weighted by atomic mass is 9.90. The van der Waals surface area contributed by atoms with Crippen LogP contribution in [0, 0.1) is 0 Å². The Labute approximate surface area is 128 Å². The van der Waals surface area contributed by atoms with Crippen LogP contribution in [0.25, 0.3) is 0 Å². The highest BCUT2D eigenvalue weighted by atomic mass is 35.5. The van der Waals surface area contributed by atoms with Gasteiger partial charge in [-0.25, -0.2) is 0 Å². The van der Waals surface area contributed by atoms with E-state index >= 15 is 0 Å². The summed E-state index contributed by atoms with van der Waals surface area (Å²) >= 11 is 0. The van der Waals surface area contributed by atoms with Gasteiger partial charge in [-0.1, -0.05) is 54.1 Å². The number of halogens is 1. The van der Waals surface area contributed by atoms with E-state index in [0.717, 1.165) is 25.7 Å². The van der Waals surface area contributed by atoms with Crippen LogP contribution in [0.5, 0.6) is 0 Å². The maximum atomic E-state index is 3.86. The molecule has 0 aliphatic carbocycles. The van der Waals surface area contributed by atoms with Crippen molar-refractivity contribution in [1.82, 2.24) is 5.32 Å². The van der Waals surface area contributed by atoms with E-state index < -0.39 is 0 Å². The van der Waals surface area contributed by atoms with Crippen molar-refractivity contribution in [3.05, 3.63) is 72.9 Å². The van der Waals surface area contributed by atoms with Crippen LogP contribution in [0.2, 0.25) is 0 Å². The molecule has 2 unspecified atom stereocenters. The van der Waals surface area contributed by atoms with Crippen LogP contribution >= 0.6 is 0 Å². The molecule has 1 N–H and O–H groups in total. The van der Waals surface area contributed by atoms with Gasteiger partial charge in [0.2, 0.25) is 0 Å². The largest absolute Gasteiger partial charge is 1.00 e. The number of hydrogen-bond acceptors (Lipinski definition) is 1. The number of rotatable bonds is 6. The molecular weight excluding hydrogens is 266 g/mol. The highest BCUT2D eigenvalue weighted by molar-refractivity contribution is 5.25. The smallest absolute Gasteiger partial charge is 0.0289 e. The predicted octanol–water partition coefficient (Wildman–Crippen LogP) is 1.04. The summed E-state index contributed by atoms with van der Waals surface area (Å²) in [4.78, 5) is 0. The maximum Gasteiger partial charge on any atom is 0.0289 e. The van der Waals surface area contributed by atoms with Gasteiger partial charge in [-0.05, 0) is 31.2 Å². The van der Waals surface area contributed by atoms with Gasteiger partial charge in [-0.3, -0.25) is 0 Å². The normalized spacial score (nSPS) is 21.5. The van der Waals surface area contributed by atoms with Crippen LogP contribution in [0.15, 0.2) is 67.3 Å². The van der Waals surface area contributed by atoms with Crippen molar-refractivity contribution in [1.29, 1.82) is 0 Å². The van der Waals surface area contributed by atoms with Gasteiger partial charge in [0, 0.05) is 12.1 Å². The molecule has 20 heavy (non-hydrogen) atoms. The molecule has 1 heterocycles. The fourth-order valence-electron chi connectivity index (χ4n) is 2.74. The molecule has 0 bridgehead atoms. The van der Waals surface area contributed by atoms with Gasteiger partial charge in [0.1, 0.15) is 0 Å². The van der Waals surface area contributed by atoms with Gasteiger partial charge >= 0.3 is 0 Å². The Morgan fingerprint density at radius 1 is 1.10 bits per heavy atom. The molecule has 2 rings (SSSR count). The number of hydrogen-bond donors (Lipinski definition) is 1. The lowest BCUT2D eigenvalue weighted by molar-refractivity contribution is -0.00000415. The third-order valence-corrected chi connectivity index (χ3v) is 3.54. The topological polar surface area (TPSA) is 12.0 Å². The first-order valence-electron chi connectivity index (χ1n) is 7.03. The molecule has 2 heteroatoms. The second-order valence-corrected chi connectivity index (χ2v) is 5.21. The minimum Gasteiger partial charge on any atom is -1.00 e. The Hall–Kier alpha value is -1.31. The first kappa shape index (κ1) is 16.7. The summed E-state index contributed by atoms with van der Waals surface area (Å²) in [7, 11) is 0. The Morgan fingerprint density at radius 2 is 1.80 bits per heavy atom. The summed E-state index contributed by atoms with van der Waals surface area (Å²) in [6.07, 6.45) is 10.6. The van der Waals surface area contributed by atoms with Crippen molar-refractivity contribution in [2.75, 3.05) is 0 Å². The molecule has 0 aromatic heterocycles. The highest BCUT2D eigenvalue weighted by Crippen LogP contribution is 2.21. The second-order valence-electron chi connectivity index (χ2n) is 5.21. The summed E-state index contributed by atoms with van der Waals surface area (Å²) < 4.78 is 0. The molecular formula is C18H23ClN-. The average Bonchev–Trinajstić information content (AvgIpc) is 2.40. The molecule has 0 radical (unpaired) electrons. The lowest BCUT2D eigenvalue weighted by Gasteiger charge is -2.29. The summed E-state index contributed by atoms with van der Waals surface area (Å²) in [5, 5.41) is 3.65. The minimum absolute atomic E-state index is 0. The van der Waals surface area contributed by atoms with Crippen molar-refractivity contribution >= 4 is 0 Å². The SMILES string of the molecule is C=CCC1C=C(Cc2ccccc2)CC(CC=C)N1.[Cl-]. The Bertz CT molecular complexity index is 450. The third-order valence-electron chi connectivity index (χ3n) is 3.54. The Morgan fingerprint density at radius 3 is 2.45 bits per heavy atom. The summed E-state index contributed by atoms with van der Waals surface area (Å²) in [6, 6.07) is 11.6. The Kier molecular flexibility index (Phi) is 7.35. The van der Waals surface area contributed by atoms with Crippen LogP contribution in [0.4, 0.5) is 0 Å². The van der Waals surface area contributed by atoms with E-state index in [2.05, 4.69) is 54.9 Å². The summed E-state index contributed by atoms with van der Waals surface area (Å²) in [5.41, 5.74) is 2.93. The van der Waals surface area contributed by atoms with Gasteiger partial charge < -0.3 is 17.7 Å². The standard InChI is InChI=1S/C18H23N.ClH/c1-3-8-17-13-16(14-18(19-17)9-4-2)12-15-10-6-5-7-11-15;/h3-7,10-11,13,17-19H,1-2,8-9,12,14H2;1H/p-1. The first-order chi connectivity index (χ1) is 9.31. The highest BCUT2D eigenvalue weighted by Gasteiger charge is 2.19. The molecule has 0 saturated carbocycles. The van der Waals surface area contributed by atoms with Crippen LogP contribution in [-0.2, 0) is 6.42 Å². The van der Waals surface area contributed by atoms with Crippen molar-refractivity contribution in [2.45, 2.75) is 37.8 Å². The zero-order valence-electron chi connectivity index (χ0n) is 11.9. The van der Waals surface area contributed by atoms with Crippen molar-refractivity contribution in [3.8, 4) is 0 Å². The molecule has 1 aliphatic heterocycles. The van der Waals surface area contributed by atoms with Gasteiger partial charge in [0.15, 0.2) is 0 Å². The van der Waals surface area contributed by atoms with E-state index in [0.29, 0.717) is 12.1 Å². The molecule has 1 aliphatic rings. The zero-order valence-corrected chi connectivity index (χ0v) is 12.7. The van der Waals surface area contributed by atoms with Crippen LogP contribution in [0.1, 0.15) is 24.8 Å². The molecule has 2 atom stereocenters. The first-order valence-corrected chi connectivity index (χ1v) is 7.03. The molecule has 1 aromatic rings.